The van der Waals surface area contributed by atoms with Gasteiger partial charge in [-0.25, -0.2) is 4.79 Å². The van der Waals surface area contributed by atoms with E-state index < -0.39 is 17.0 Å². The summed E-state index contributed by atoms with van der Waals surface area (Å²) in [6.45, 7) is 7.94. The number of carbonyl (C=O) groups excluding carboxylic acids is 1. The first-order valence-corrected chi connectivity index (χ1v) is 7.90. The fourth-order valence-electron chi connectivity index (χ4n) is 2.12. The van der Waals surface area contributed by atoms with Gasteiger partial charge in [-0.15, -0.1) is 0 Å². The van der Waals surface area contributed by atoms with Crippen LogP contribution in [0.4, 0.5) is 5.69 Å². The predicted molar refractivity (Wildman–Crippen MR) is 94.0 cm³/mol. The summed E-state index contributed by atoms with van der Waals surface area (Å²) in [5.41, 5.74) is 1.14. The molecule has 6 heteroatoms. The number of nitrogens with zero attached hydrogens (tertiary/aromatic N) is 1. The third-order valence-electron chi connectivity index (χ3n) is 3.63. The van der Waals surface area contributed by atoms with Gasteiger partial charge in [0.05, 0.1) is 4.92 Å². The molecule has 2 aromatic rings. The van der Waals surface area contributed by atoms with Crippen LogP contribution in [0.1, 0.15) is 33.3 Å². The lowest BCUT2D eigenvalue weighted by Crippen LogP contribution is -2.28. The maximum Gasteiger partial charge on any atom is 0.352 e. The molecule has 2 rings (SSSR count). The molecule has 0 aliphatic heterocycles. The van der Waals surface area contributed by atoms with Crippen molar-refractivity contribution in [2.45, 2.75) is 39.2 Å². The minimum Gasteiger partial charge on any atom is -0.479 e. The standard InChI is InChI=1S/C19H21NO5/c1-13(24-16-9-5-14(6-10-16)19(2,3)4)18(21)25-17-11-7-15(8-12-17)20(22)23/h5-13H,1-4H3. The number of non-ortho nitro benzene ring substituents is 1. The highest BCUT2D eigenvalue weighted by Gasteiger charge is 2.19. The van der Waals surface area contributed by atoms with Crippen LogP contribution in [0, 0.1) is 10.1 Å². The van der Waals surface area contributed by atoms with Crippen LogP contribution in [0.25, 0.3) is 0 Å². The second-order valence-electron chi connectivity index (χ2n) is 6.71. The van der Waals surface area contributed by atoms with Crippen molar-refractivity contribution in [3.8, 4) is 11.5 Å². The maximum atomic E-state index is 12.1. The molecule has 0 saturated carbocycles. The molecule has 0 aromatic heterocycles. The van der Waals surface area contributed by atoms with Crippen LogP contribution in [-0.2, 0) is 10.2 Å². The normalized spacial score (nSPS) is 12.3. The minimum absolute atomic E-state index is 0.0407. The zero-order valence-corrected chi connectivity index (χ0v) is 14.7. The summed E-state index contributed by atoms with van der Waals surface area (Å²) in [6, 6.07) is 12.9. The van der Waals surface area contributed by atoms with Gasteiger partial charge in [-0.1, -0.05) is 32.9 Å². The minimum atomic E-state index is -0.810. The Labute approximate surface area is 146 Å². The Balaban J connectivity index is 1.96. The lowest BCUT2D eigenvalue weighted by atomic mass is 9.87. The van der Waals surface area contributed by atoms with Crippen LogP contribution in [-0.4, -0.2) is 17.0 Å². The van der Waals surface area contributed by atoms with Crippen molar-refractivity contribution in [3.05, 3.63) is 64.2 Å². The number of hydrogen-bond donors (Lipinski definition) is 0. The SMILES string of the molecule is CC(Oc1ccc(C(C)(C)C)cc1)C(=O)Oc1ccc([N+](=O)[O-])cc1. The molecule has 0 radical (unpaired) electrons. The van der Waals surface area contributed by atoms with E-state index in [0.29, 0.717) is 5.75 Å². The van der Waals surface area contributed by atoms with Crippen LogP contribution < -0.4 is 9.47 Å². The fraction of sp³-hybridized carbons (Fsp3) is 0.316. The van der Waals surface area contributed by atoms with Gasteiger partial charge in [-0.05, 0) is 42.2 Å². The first-order valence-electron chi connectivity index (χ1n) is 7.90. The summed E-state index contributed by atoms with van der Waals surface area (Å²) in [4.78, 5) is 22.2. The number of nitro groups is 1. The molecule has 0 amide bonds. The van der Waals surface area contributed by atoms with Crippen LogP contribution in [0.15, 0.2) is 48.5 Å². The number of rotatable bonds is 5. The maximum absolute atomic E-state index is 12.1. The van der Waals surface area contributed by atoms with Gasteiger partial charge in [-0.2, -0.15) is 0 Å². The number of ether oxygens (including phenoxy) is 2. The van der Waals surface area contributed by atoms with Crippen molar-refractivity contribution in [2.75, 3.05) is 0 Å². The molecule has 0 N–H and O–H groups in total. The van der Waals surface area contributed by atoms with Crippen molar-refractivity contribution in [1.82, 2.24) is 0 Å². The van der Waals surface area contributed by atoms with E-state index in [2.05, 4.69) is 20.8 Å². The van der Waals surface area contributed by atoms with E-state index in [0.717, 1.165) is 0 Å². The molecule has 0 aliphatic rings. The fourth-order valence-corrected chi connectivity index (χ4v) is 2.12. The third kappa shape index (κ3) is 5.04. The first-order chi connectivity index (χ1) is 11.7. The lowest BCUT2D eigenvalue weighted by molar-refractivity contribution is -0.384. The van der Waals surface area contributed by atoms with E-state index in [1.54, 1.807) is 6.92 Å². The van der Waals surface area contributed by atoms with Crippen molar-refractivity contribution in [1.29, 1.82) is 0 Å². The first kappa shape index (κ1) is 18.4. The summed E-state index contributed by atoms with van der Waals surface area (Å²) < 4.78 is 10.8. The van der Waals surface area contributed by atoms with E-state index in [-0.39, 0.29) is 16.9 Å². The highest BCUT2D eigenvalue weighted by Crippen LogP contribution is 2.25. The van der Waals surface area contributed by atoms with E-state index in [9.17, 15) is 14.9 Å². The summed E-state index contributed by atoms with van der Waals surface area (Å²) in [6.07, 6.45) is -0.810. The van der Waals surface area contributed by atoms with Gasteiger partial charge in [0.1, 0.15) is 11.5 Å². The molecule has 0 heterocycles. The van der Waals surface area contributed by atoms with Crippen LogP contribution in [0.5, 0.6) is 11.5 Å². The number of hydrogen-bond acceptors (Lipinski definition) is 5. The highest BCUT2D eigenvalue weighted by atomic mass is 16.6. The quantitative estimate of drug-likeness (QED) is 0.351. The average molecular weight is 343 g/mol. The van der Waals surface area contributed by atoms with Gasteiger partial charge >= 0.3 is 5.97 Å². The van der Waals surface area contributed by atoms with Gasteiger partial charge in [0.15, 0.2) is 6.10 Å². The molecule has 0 bridgehead atoms. The molecule has 1 atom stereocenters. The molecule has 2 aromatic carbocycles. The summed E-state index contributed by atoms with van der Waals surface area (Å²) >= 11 is 0. The summed E-state index contributed by atoms with van der Waals surface area (Å²) in [5.74, 6) is 0.226. The zero-order chi connectivity index (χ0) is 18.6. The number of nitro benzene ring substituents is 1. The molecule has 0 aliphatic carbocycles. The van der Waals surface area contributed by atoms with Crippen LogP contribution in [0.3, 0.4) is 0 Å². The Hall–Kier alpha value is -2.89. The Bertz CT molecular complexity index is 745. The molecule has 25 heavy (non-hydrogen) atoms. The Morgan fingerprint density at radius 2 is 1.52 bits per heavy atom. The van der Waals surface area contributed by atoms with Gasteiger partial charge in [-0.3, -0.25) is 10.1 Å². The molecule has 0 fully saturated rings. The predicted octanol–water partition coefficient (Wildman–Crippen LogP) is 4.27. The number of benzene rings is 2. The largest absolute Gasteiger partial charge is 0.479 e. The van der Waals surface area contributed by atoms with E-state index in [1.165, 1.54) is 29.8 Å². The molecular weight excluding hydrogens is 322 g/mol. The molecule has 0 spiro atoms. The highest BCUT2D eigenvalue weighted by molar-refractivity contribution is 5.77. The van der Waals surface area contributed by atoms with E-state index in [1.807, 2.05) is 24.3 Å². The second-order valence-corrected chi connectivity index (χ2v) is 6.71. The molecular formula is C19H21NO5. The van der Waals surface area contributed by atoms with Gasteiger partial charge in [0.2, 0.25) is 0 Å². The van der Waals surface area contributed by atoms with Crippen molar-refractivity contribution in [3.63, 3.8) is 0 Å². The molecule has 6 nitrogen and oxygen atoms in total. The van der Waals surface area contributed by atoms with Gasteiger partial charge in [0.25, 0.3) is 5.69 Å². The average Bonchev–Trinajstić information content (AvgIpc) is 2.55. The van der Waals surface area contributed by atoms with E-state index >= 15 is 0 Å². The molecule has 1 unspecified atom stereocenters. The topological polar surface area (TPSA) is 78.7 Å². The number of esters is 1. The third-order valence-corrected chi connectivity index (χ3v) is 3.63. The van der Waals surface area contributed by atoms with Gasteiger partial charge in [0, 0.05) is 12.1 Å². The van der Waals surface area contributed by atoms with Crippen molar-refractivity contribution in [2.24, 2.45) is 0 Å². The number of carbonyl (C=O) groups is 1. The molecule has 132 valence electrons. The molecule has 0 saturated heterocycles. The van der Waals surface area contributed by atoms with Crippen LogP contribution >= 0.6 is 0 Å². The van der Waals surface area contributed by atoms with Gasteiger partial charge < -0.3 is 9.47 Å². The lowest BCUT2D eigenvalue weighted by Gasteiger charge is -2.20. The Kier molecular flexibility index (Phi) is 5.41. The second kappa shape index (κ2) is 7.34. The van der Waals surface area contributed by atoms with E-state index in [4.69, 9.17) is 9.47 Å². The summed E-state index contributed by atoms with van der Waals surface area (Å²) in [7, 11) is 0. The monoisotopic (exact) mass is 343 g/mol. The Morgan fingerprint density at radius 3 is 2.00 bits per heavy atom. The van der Waals surface area contributed by atoms with Crippen LogP contribution in [0.2, 0.25) is 0 Å². The smallest absolute Gasteiger partial charge is 0.352 e. The zero-order valence-electron chi connectivity index (χ0n) is 14.7. The van der Waals surface area contributed by atoms with Crippen molar-refractivity contribution >= 4 is 11.7 Å². The van der Waals surface area contributed by atoms with Crippen molar-refractivity contribution < 1.29 is 19.2 Å². The Morgan fingerprint density at radius 1 is 1.00 bits per heavy atom. The summed E-state index contributed by atoms with van der Waals surface area (Å²) in [5, 5.41) is 10.6.